The Bertz CT molecular complexity index is 1650. The third-order valence-electron chi connectivity index (χ3n) is 5.33. The van der Waals surface area contributed by atoms with Gasteiger partial charge in [-0.25, -0.2) is 13.2 Å². The average Bonchev–Trinajstić information content (AvgIpc) is 3.49. The predicted octanol–water partition coefficient (Wildman–Crippen LogP) is 5.14. The van der Waals surface area contributed by atoms with E-state index in [1.54, 1.807) is 41.8 Å². The molecule has 3 aromatic carbocycles. The molecule has 0 saturated carbocycles. The quantitative estimate of drug-likeness (QED) is 0.0803. The van der Waals surface area contributed by atoms with Crippen molar-refractivity contribution in [2.45, 2.75) is 4.90 Å². The lowest BCUT2D eigenvalue weighted by Gasteiger charge is -2.10. The van der Waals surface area contributed by atoms with Crippen LogP contribution in [0.2, 0.25) is 0 Å². The van der Waals surface area contributed by atoms with Crippen molar-refractivity contribution in [3.05, 3.63) is 98.7 Å². The second-order valence-electron chi connectivity index (χ2n) is 7.92. The van der Waals surface area contributed by atoms with Crippen molar-refractivity contribution in [3.8, 4) is 17.2 Å². The van der Waals surface area contributed by atoms with E-state index in [1.165, 1.54) is 62.1 Å². The first kappa shape index (κ1) is 28.1. The molecule has 2 N–H and O–H groups in total. The van der Waals surface area contributed by atoms with E-state index >= 15 is 0 Å². The molecule has 0 bridgehead atoms. The maximum Gasteiger partial charge on any atom is 0.353 e. The minimum absolute atomic E-state index is 0.0295. The van der Waals surface area contributed by atoms with Crippen LogP contribution < -0.4 is 24.4 Å². The summed E-state index contributed by atoms with van der Waals surface area (Å²) in [5.74, 6) is 0.510. The Morgan fingerprint density at radius 1 is 1.00 bits per heavy atom. The lowest BCUT2D eigenvalue weighted by atomic mass is 10.2. The summed E-state index contributed by atoms with van der Waals surface area (Å²) in [4.78, 5) is 23.3. The highest BCUT2D eigenvalue weighted by Crippen LogP contribution is 2.30. The normalized spacial score (nSPS) is 11.2. The van der Waals surface area contributed by atoms with Crippen LogP contribution in [0.5, 0.6) is 17.2 Å². The number of thiophene rings is 1. The van der Waals surface area contributed by atoms with Gasteiger partial charge >= 0.3 is 5.97 Å². The molecular formula is C26H22N4O8S2. The highest BCUT2D eigenvalue weighted by Gasteiger charge is 2.22. The number of rotatable bonds is 11. The van der Waals surface area contributed by atoms with Gasteiger partial charge in [-0.3, -0.25) is 20.3 Å². The maximum absolute atomic E-state index is 12.8. The van der Waals surface area contributed by atoms with Gasteiger partial charge in [0.25, 0.3) is 15.7 Å². The lowest BCUT2D eigenvalue weighted by molar-refractivity contribution is -0.384. The fourth-order valence-corrected chi connectivity index (χ4v) is 5.04. The number of hydrazone groups is 1. The summed E-state index contributed by atoms with van der Waals surface area (Å²) in [7, 11) is -1.22. The topological polar surface area (TPSA) is 158 Å². The molecule has 0 spiro atoms. The number of nitrogens with one attached hydrogen (secondary N) is 2. The third-order valence-corrected chi connectivity index (χ3v) is 7.56. The zero-order valence-corrected chi connectivity index (χ0v) is 22.7. The van der Waals surface area contributed by atoms with E-state index in [0.717, 1.165) is 6.07 Å². The van der Waals surface area contributed by atoms with Crippen molar-refractivity contribution in [2.24, 2.45) is 5.10 Å². The fourth-order valence-electron chi connectivity index (χ4n) is 3.37. The van der Waals surface area contributed by atoms with E-state index < -0.39 is 26.6 Å². The molecule has 0 radical (unpaired) electrons. The molecule has 4 aromatic rings. The molecule has 0 fully saturated rings. The number of methoxy groups -OCH3 is 2. The molecule has 40 heavy (non-hydrogen) atoms. The van der Waals surface area contributed by atoms with Crippen LogP contribution in [0, 0.1) is 10.1 Å². The molecule has 14 heteroatoms. The predicted molar refractivity (Wildman–Crippen MR) is 150 cm³/mol. The number of carbonyl (C=O) groups is 1. The van der Waals surface area contributed by atoms with Crippen molar-refractivity contribution >= 4 is 50.6 Å². The Hall–Kier alpha value is -4.95. The molecule has 1 heterocycles. The van der Waals surface area contributed by atoms with Crippen molar-refractivity contribution in [3.63, 3.8) is 0 Å². The molecule has 0 saturated heterocycles. The Kier molecular flexibility index (Phi) is 8.61. The molecule has 0 unspecified atom stereocenters. The summed E-state index contributed by atoms with van der Waals surface area (Å²) in [6.45, 7) is 0. The Morgan fingerprint density at radius 2 is 1.77 bits per heavy atom. The first-order valence-corrected chi connectivity index (χ1v) is 13.7. The van der Waals surface area contributed by atoms with Gasteiger partial charge in [-0.1, -0.05) is 6.07 Å². The Balaban J connectivity index is 1.48. The van der Waals surface area contributed by atoms with Gasteiger partial charge in [0.05, 0.1) is 30.3 Å². The van der Waals surface area contributed by atoms with Gasteiger partial charge in [0.1, 0.15) is 16.3 Å². The number of esters is 1. The maximum atomic E-state index is 12.8. The number of hydrogen-bond donors (Lipinski definition) is 2. The van der Waals surface area contributed by atoms with E-state index in [1.807, 2.05) is 0 Å². The number of sulfonamides is 1. The summed E-state index contributed by atoms with van der Waals surface area (Å²) in [5.41, 5.74) is 2.83. The highest BCUT2D eigenvalue weighted by atomic mass is 32.2. The van der Waals surface area contributed by atoms with Gasteiger partial charge < -0.3 is 14.2 Å². The SMILES string of the molecule is COc1ccc(NS(=O)(=O)c2ccc(NN=Cc3ccc(OC(=O)c4cccs4)c(OC)c3)c([N+](=O)[O-])c2)cc1. The van der Waals surface area contributed by atoms with E-state index in [0.29, 0.717) is 16.2 Å². The number of carbonyl (C=O) groups excluding carboxylic acids is 1. The minimum Gasteiger partial charge on any atom is -0.497 e. The molecule has 12 nitrogen and oxygen atoms in total. The molecule has 0 aliphatic carbocycles. The zero-order chi connectivity index (χ0) is 28.7. The second kappa shape index (κ2) is 12.3. The van der Waals surface area contributed by atoms with Crippen molar-refractivity contribution < 1.29 is 32.3 Å². The molecule has 4 rings (SSSR count). The van der Waals surface area contributed by atoms with Crippen LogP contribution in [-0.2, 0) is 10.0 Å². The second-order valence-corrected chi connectivity index (χ2v) is 10.5. The van der Waals surface area contributed by atoms with Gasteiger partial charge in [0, 0.05) is 11.8 Å². The third kappa shape index (κ3) is 6.73. The number of hydrogen-bond acceptors (Lipinski definition) is 11. The molecule has 0 aliphatic rings. The van der Waals surface area contributed by atoms with Crippen LogP contribution in [0.3, 0.4) is 0 Å². The molecule has 0 aliphatic heterocycles. The van der Waals surface area contributed by atoms with E-state index in [9.17, 15) is 23.3 Å². The zero-order valence-electron chi connectivity index (χ0n) is 21.1. The first-order valence-electron chi connectivity index (χ1n) is 11.4. The van der Waals surface area contributed by atoms with Crippen LogP contribution in [0.4, 0.5) is 17.1 Å². The summed E-state index contributed by atoms with van der Waals surface area (Å²) in [5, 5.41) is 17.5. The summed E-state index contributed by atoms with van der Waals surface area (Å²) >= 11 is 1.25. The van der Waals surface area contributed by atoms with Gasteiger partial charge in [0.2, 0.25) is 0 Å². The van der Waals surface area contributed by atoms with Crippen LogP contribution in [0.25, 0.3) is 0 Å². The van der Waals surface area contributed by atoms with Crippen LogP contribution in [0.15, 0.2) is 88.2 Å². The fraction of sp³-hybridized carbons (Fsp3) is 0.0769. The Morgan fingerprint density at radius 3 is 2.42 bits per heavy atom. The molecule has 0 amide bonds. The standard InChI is InChI=1S/C26H22N4O8S2/c1-36-19-8-6-18(7-9-19)29-40(34,35)20-10-11-21(22(15-20)30(32)33)28-27-16-17-5-12-23(24(14-17)37-2)38-26(31)25-4-3-13-39-25/h3-16,28-29H,1-2H3. The van der Waals surface area contributed by atoms with Gasteiger partial charge in [-0.2, -0.15) is 5.10 Å². The van der Waals surface area contributed by atoms with Gasteiger partial charge in [-0.05, 0) is 71.6 Å². The smallest absolute Gasteiger partial charge is 0.353 e. The van der Waals surface area contributed by atoms with Gasteiger partial charge in [-0.15, -0.1) is 11.3 Å². The van der Waals surface area contributed by atoms with Crippen LogP contribution >= 0.6 is 11.3 Å². The molecule has 1 aromatic heterocycles. The van der Waals surface area contributed by atoms with E-state index in [-0.39, 0.29) is 27.8 Å². The number of nitrogens with zero attached hydrogens (tertiary/aromatic N) is 2. The molecule has 0 atom stereocenters. The van der Waals surface area contributed by atoms with Crippen molar-refractivity contribution in [1.29, 1.82) is 0 Å². The van der Waals surface area contributed by atoms with Gasteiger partial charge in [0.15, 0.2) is 11.5 Å². The molecular weight excluding hydrogens is 560 g/mol. The monoisotopic (exact) mass is 582 g/mol. The summed E-state index contributed by atoms with van der Waals surface area (Å²) in [6, 6.07) is 17.6. The number of anilines is 2. The average molecular weight is 583 g/mol. The largest absolute Gasteiger partial charge is 0.497 e. The highest BCUT2D eigenvalue weighted by molar-refractivity contribution is 7.92. The van der Waals surface area contributed by atoms with Crippen LogP contribution in [-0.4, -0.2) is 39.7 Å². The number of nitro groups is 1. The Labute approximate surface area is 233 Å². The van der Waals surface area contributed by atoms with Crippen LogP contribution in [0.1, 0.15) is 15.2 Å². The van der Waals surface area contributed by atoms with E-state index in [2.05, 4.69) is 15.2 Å². The summed E-state index contributed by atoms with van der Waals surface area (Å²) < 4.78 is 43.7. The van der Waals surface area contributed by atoms with Crippen molar-refractivity contribution in [1.82, 2.24) is 0 Å². The number of nitro benzene ring substituents is 1. The minimum atomic E-state index is -4.11. The van der Waals surface area contributed by atoms with E-state index in [4.69, 9.17) is 14.2 Å². The van der Waals surface area contributed by atoms with Crippen molar-refractivity contribution in [2.75, 3.05) is 24.4 Å². The summed E-state index contributed by atoms with van der Waals surface area (Å²) in [6.07, 6.45) is 1.37. The number of benzene rings is 3. The molecule has 206 valence electrons. The lowest BCUT2D eigenvalue weighted by Crippen LogP contribution is -2.13. The first-order chi connectivity index (χ1) is 19.2. The number of ether oxygens (including phenoxy) is 3.